The first-order chi connectivity index (χ1) is 42.4. The predicted octanol–water partition coefficient (Wildman–Crippen LogP) is -4.59. The number of carboxylic acid groups (broad SMARTS) is 4. The van der Waals surface area contributed by atoms with Crippen molar-refractivity contribution in [3.63, 3.8) is 0 Å². The van der Waals surface area contributed by atoms with Gasteiger partial charge < -0.3 is 98.5 Å². The number of aliphatic carboxylic acids is 4. The molecular weight excluding hydrogens is 1180 g/mol. The van der Waals surface area contributed by atoms with Crippen LogP contribution in [0.4, 0.5) is 0 Å². The van der Waals surface area contributed by atoms with Crippen LogP contribution in [0.2, 0.25) is 0 Å². The smallest absolute Gasteiger partial charge is 0.320 e. The second-order valence-corrected chi connectivity index (χ2v) is 20.6. The normalized spacial score (nSPS) is 12.6. The van der Waals surface area contributed by atoms with Gasteiger partial charge in [-0.25, -0.2) is 0 Å². The van der Waals surface area contributed by atoms with Gasteiger partial charge in [-0.2, -0.15) is 0 Å². The zero-order valence-corrected chi connectivity index (χ0v) is 51.5. The molecule has 0 bridgehead atoms. The number of hydrogen-bond acceptors (Lipinski definition) is 22. The Kier molecular flexibility index (Phi) is 47.5. The molecule has 0 aliphatic heterocycles. The summed E-state index contributed by atoms with van der Waals surface area (Å²) in [7, 11) is 3.26. The molecule has 0 aromatic rings. The molecule has 17 N–H and O–H groups in total. The zero-order chi connectivity index (χ0) is 66.8. The molecular formula is C55H99N13O21. The van der Waals surface area contributed by atoms with Crippen molar-refractivity contribution in [1.29, 1.82) is 0 Å². The molecule has 0 heterocycles. The van der Waals surface area contributed by atoms with Gasteiger partial charge in [-0.05, 0) is 84.7 Å². The fourth-order valence-corrected chi connectivity index (χ4v) is 8.54. The number of carboxylic acids is 4. The van der Waals surface area contributed by atoms with E-state index in [9.17, 15) is 83.1 Å². The predicted molar refractivity (Wildman–Crippen MR) is 320 cm³/mol. The van der Waals surface area contributed by atoms with E-state index >= 15 is 0 Å². The number of carbonyl (C=O) groups is 12. The quantitative estimate of drug-likeness (QED) is 0.0201. The largest absolute Gasteiger partial charge is 0.512 e. The van der Waals surface area contributed by atoms with Gasteiger partial charge in [0, 0.05) is 78.2 Å². The second kappa shape index (κ2) is 51.7. The summed E-state index contributed by atoms with van der Waals surface area (Å²) in [5, 5.41) is 69.9. The third-order valence-corrected chi connectivity index (χ3v) is 13.2. The Bertz CT molecular complexity index is 2090. The molecule has 4 atom stereocenters. The number of carbonyl (C=O) groups excluding carboxylic acids is 8. The molecule has 0 aromatic carbocycles. The van der Waals surface area contributed by atoms with Gasteiger partial charge in [0.05, 0.1) is 83.7 Å². The van der Waals surface area contributed by atoms with E-state index in [0.717, 1.165) is 4.90 Å². The highest BCUT2D eigenvalue weighted by Gasteiger charge is 2.29. The second-order valence-electron chi connectivity index (χ2n) is 20.6. The lowest BCUT2D eigenvalue weighted by Crippen LogP contribution is -2.50. The molecule has 8 amide bonds. The standard InChI is InChI=1S/C55H99N13O21/c1-39(69)33-66(34-49(75)76)23-25-68(26-24-67(35-50(77)78)36-51(79)80)43(55(84)85)16-17-45(71)60-18-8-6-13-42(54(83)64-20-9-5-12-41(59-3)53(57)82)65-46(72)15-10-14-44(70)62-21-27-86-29-32-89-38-48(74)63-22-28-87-30-31-88-37-47(73)61-19-7-4-11-40(58-2)52(56)81/h40-43,58-59,69H,1,4-38H2,2-3H3,(H2,56,81)(H2,57,82)(H,60,71)(H,61,73)(H,62,70)(H,63,74)(H,64,83)(H,65,72)(H,75,76)(H,77,78)(H,79,80)(H,84,85)/t40-,41-,42-,43-/m0/s1. The molecule has 0 radical (unpaired) electrons. The van der Waals surface area contributed by atoms with Crippen molar-refractivity contribution in [3.8, 4) is 0 Å². The average Bonchev–Trinajstić information content (AvgIpc) is 2.99. The molecule has 0 aliphatic rings. The fourth-order valence-electron chi connectivity index (χ4n) is 8.54. The van der Waals surface area contributed by atoms with E-state index in [1.807, 2.05) is 0 Å². The minimum absolute atomic E-state index is 0.00365. The van der Waals surface area contributed by atoms with E-state index in [-0.39, 0.29) is 174 Å². The minimum Gasteiger partial charge on any atom is -0.512 e. The molecule has 0 rings (SSSR count). The summed E-state index contributed by atoms with van der Waals surface area (Å²) in [6.07, 6.45) is 3.78. The van der Waals surface area contributed by atoms with Crippen LogP contribution in [0.5, 0.6) is 0 Å². The van der Waals surface area contributed by atoms with Gasteiger partial charge in [0.15, 0.2) is 0 Å². The number of hydrogen-bond donors (Lipinski definition) is 15. The van der Waals surface area contributed by atoms with Crippen LogP contribution in [0.25, 0.3) is 0 Å². The van der Waals surface area contributed by atoms with Gasteiger partial charge >= 0.3 is 23.9 Å². The van der Waals surface area contributed by atoms with Crippen molar-refractivity contribution < 1.29 is 102 Å². The van der Waals surface area contributed by atoms with Crippen LogP contribution >= 0.6 is 0 Å². The highest BCUT2D eigenvalue weighted by atomic mass is 16.5. The molecule has 0 saturated heterocycles. The van der Waals surface area contributed by atoms with E-state index in [1.54, 1.807) is 14.1 Å². The monoisotopic (exact) mass is 1280 g/mol. The van der Waals surface area contributed by atoms with Crippen molar-refractivity contribution >= 4 is 71.1 Å². The molecule has 0 fully saturated rings. The molecule has 0 unspecified atom stereocenters. The van der Waals surface area contributed by atoms with E-state index in [1.165, 1.54) is 9.80 Å². The van der Waals surface area contributed by atoms with Gasteiger partial charge in [0.1, 0.15) is 25.3 Å². The van der Waals surface area contributed by atoms with Crippen LogP contribution in [-0.4, -0.2) is 288 Å². The van der Waals surface area contributed by atoms with Crippen molar-refractivity contribution in [1.82, 2.24) is 57.2 Å². The van der Waals surface area contributed by atoms with Gasteiger partial charge in [-0.1, -0.05) is 6.58 Å². The van der Waals surface area contributed by atoms with Gasteiger partial charge in [-0.15, -0.1) is 0 Å². The first-order valence-electron chi connectivity index (χ1n) is 29.7. The number of nitrogens with one attached hydrogen (secondary N) is 8. The van der Waals surface area contributed by atoms with E-state index in [2.05, 4.69) is 49.1 Å². The summed E-state index contributed by atoms with van der Waals surface area (Å²) in [6.45, 7) is 2.41. The Balaban J connectivity index is 4.96. The molecule has 89 heavy (non-hydrogen) atoms. The van der Waals surface area contributed by atoms with Crippen molar-refractivity contribution in [2.75, 3.05) is 152 Å². The average molecular weight is 1280 g/mol. The first-order valence-corrected chi connectivity index (χ1v) is 29.7. The van der Waals surface area contributed by atoms with Crippen LogP contribution < -0.4 is 54.0 Å². The third kappa shape index (κ3) is 46.6. The summed E-state index contributed by atoms with van der Waals surface area (Å²) in [5.41, 5.74) is 10.7. The molecule has 0 aromatic heterocycles. The molecule has 34 heteroatoms. The summed E-state index contributed by atoms with van der Waals surface area (Å²) >= 11 is 0. The number of rotatable bonds is 60. The SMILES string of the molecule is C=C(O)CN(CCN(CCN(CC(=O)O)CC(=O)O)[C@@H](CCC(=O)NCCCC[C@H](NC(=O)CCCC(=O)NCCOCCOCC(=O)NCCOCCOCC(=O)NCCCC[C@H](NC)C(N)=O)C(=O)NCCCC[C@H](NC)C(N)=O)C(=O)O)CC(=O)O. The first kappa shape index (κ1) is 81.8. The summed E-state index contributed by atoms with van der Waals surface area (Å²) in [5.74, 6) is -9.04. The molecule has 34 nitrogen and oxygen atoms in total. The molecule has 0 saturated carbocycles. The Morgan fingerprint density at radius 1 is 0.427 bits per heavy atom. The number of aliphatic hydroxyl groups excluding tert-OH is 1. The molecule has 510 valence electrons. The highest BCUT2D eigenvalue weighted by molar-refractivity contribution is 5.88. The van der Waals surface area contributed by atoms with Crippen LogP contribution in [-0.2, 0) is 76.5 Å². The Hall–Kier alpha value is -7.18. The molecule has 0 spiro atoms. The van der Waals surface area contributed by atoms with Crippen molar-refractivity contribution in [2.24, 2.45) is 11.5 Å². The van der Waals surface area contributed by atoms with Crippen LogP contribution in [0.3, 0.4) is 0 Å². The maximum Gasteiger partial charge on any atom is 0.320 e. The van der Waals surface area contributed by atoms with E-state index in [0.29, 0.717) is 57.9 Å². The van der Waals surface area contributed by atoms with Gasteiger partial charge in [-0.3, -0.25) is 72.2 Å². The highest BCUT2D eigenvalue weighted by Crippen LogP contribution is 2.12. The van der Waals surface area contributed by atoms with E-state index < -0.39 is 97.2 Å². The third-order valence-electron chi connectivity index (χ3n) is 13.2. The number of aliphatic hydroxyl groups is 1. The van der Waals surface area contributed by atoms with Crippen molar-refractivity contribution in [2.45, 2.75) is 114 Å². The van der Waals surface area contributed by atoms with Crippen LogP contribution in [0, 0.1) is 0 Å². The Labute approximate surface area is 518 Å². The number of nitrogens with zero attached hydrogens (tertiary/aromatic N) is 3. The summed E-state index contributed by atoms with van der Waals surface area (Å²) < 4.78 is 21.4. The van der Waals surface area contributed by atoms with Crippen LogP contribution in [0.1, 0.15) is 89.9 Å². The number of ether oxygens (including phenoxy) is 4. The van der Waals surface area contributed by atoms with Crippen molar-refractivity contribution in [3.05, 3.63) is 12.3 Å². The minimum atomic E-state index is -1.37. The Morgan fingerprint density at radius 2 is 0.820 bits per heavy atom. The maximum atomic E-state index is 13.4. The van der Waals surface area contributed by atoms with Crippen LogP contribution in [0.15, 0.2) is 12.3 Å². The maximum absolute atomic E-state index is 13.4. The van der Waals surface area contributed by atoms with E-state index in [4.69, 9.17) is 30.4 Å². The lowest BCUT2D eigenvalue weighted by Gasteiger charge is -2.32. The number of amides is 8. The van der Waals surface area contributed by atoms with Gasteiger partial charge in [0.2, 0.25) is 47.3 Å². The number of primary amides is 2. The number of nitrogens with two attached hydrogens (primary N) is 2. The number of unbranched alkanes of at least 4 members (excludes halogenated alkanes) is 3. The Morgan fingerprint density at radius 3 is 1.26 bits per heavy atom. The zero-order valence-electron chi connectivity index (χ0n) is 51.5. The fraction of sp³-hybridized carbons (Fsp3) is 0.745. The summed E-state index contributed by atoms with van der Waals surface area (Å²) in [6, 6.07) is -3.30. The lowest BCUT2D eigenvalue weighted by atomic mass is 10.1. The lowest BCUT2D eigenvalue weighted by molar-refractivity contribution is -0.146. The topological polar surface area (TPSA) is 501 Å². The summed E-state index contributed by atoms with van der Waals surface area (Å²) in [4.78, 5) is 149. The molecule has 0 aliphatic carbocycles. The van der Waals surface area contributed by atoms with Gasteiger partial charge in [0.25, 0.3) is 0 Å². The number of likely N-dealkylation sites (N-methyl/N-ethyl adjacent to an activating group) is 2.